The van der Waals surface area contributed by atoms with E-state index in [1.54, 1.807) is 18.6 Å². The molecule has 0 radical (unpaired) electrons. The molecule has 14 heavy (non-hydrogen) atoms. The Morgan fingerprint density at radius 1 is 1.36 bits per heavy atom. The maximum Gasteiger partial charge on any atom is 0.229 e. The molecule has 2 heterocycles. The zero-order valence-electron chi connectivity index (χ0n) is 7.88. The van der Waals surface area contributed by atoms with Crippen LogP contribution in [0.4, 0.5) is 0 Å². The quantitative estimate of drug-likeness (QED) is 0.770. The lowest BCUT2D eigenvalue weighted by molar-refractivity contribution is 0.455. The number of rotatable bonds is 2. The van der Waals surface area contributed by atoms with Gasteiger partial charge in [-0.2, -0.15) is 4.98 Å². The van der Waals surface area contributed by atoms with Crippen LogP contribution in [0.3, 0.4) is 0 Å². The van der Waals surface area contributed by atoms with E-state index in [0.29, 0.717) is 6.42 Å². The van der Waals surface area contributed by atoms with Crippen LogP contribution in [-0.4, -0.2) is 19.6 Å². The molecule has 4 heteroatoms. The Hall–Kier alpha value is -1.84. The van der Waals surface area contributed by atoms with Crippen LogP contribution in [0.25, 0.3) is 0 Å². The molecule has 0 aliphatic heterocycles. The van der Waals surface area contributed by atoms with Crippen LogP contribution < -0.4 is 0 Å². The van der Waals surface area contributed by atoms with Gasteiger partial charge in [0.1, 0.15) is 5.82 Å². The summed E-state index contributed by atoms with van der Waals surface area (Å²) in [6.45, 7) is 0. The normalized spacial score (nSPS) is 10.4. The second-order valence-corrected chi connectivity index (χ2v) is 3.16. The predicted octanol–water partition coefficient (Wildman–Crippen LogP) is 1.11. The van der Waals surface area contributed by atoms with E-state index in [1.807, 2.05) is 23.7 Å². The molecule has 0 aliphatic carbocycles. The van der Waals surface area contributed by atoms with Gasteiger partial charge in [0.2, 0.25) is 5.88 Å². The van der Waals surface area contributed by atoms with Gasteiger partial charge in [-0.15, -0.1) is 0 Å². The first-order chi connectivity index (χ1) is 6.75. The van der Waals surface area contributed by atoms with Crippen molar-refractivity contribution >= 4 is 0 Å². The Kier molecular flexibility index (Phi) is 2.18. The van der Waals surface area contributed by atoms with Crippen molar-refractivity contribution in [3.8, 4) is 5.88 Å². The molecule has 1 N–H and O–H groups in total. The number of hydrogen-bond donors (Lipinski definition) is 1. The summed E-state index contributed by atoms with van der Waals surface area (Å²) in [6.07, 6.45) is 5.80. The molecule has 0 atom stereocenters. The fraction of sp³-hybridized carbons (Fsp3) is 0.200. The van der Waals surface area contributed by atoms with E-state index in [9.17, 15) is 0 Å². The zero-order valence-corrected chi connectivity index (χ0v) is 7.88. The van der Waals surface area contributed by atoms with Crippen molar-refractivity contribution in [1.82, 2.24) is 14.5 Å². The van der Waals surface area contributed by atoms with Crippen LogP contribution >= 0.6 is 0 Å². The number of aromatic hydroxyl groups is 1. The zero-order chi connectivity index (χ0) is 9.97. The maximum absolute atomic E-state index is 9.17. The summed E-state index contributed by atoms with van der Waals surface area (Å²) in [5.74, 6) is 0.908. The first-order valence-electron chi connectivity index (χ1n) is 4.36. The lowest BCUT2D eigenvalue weighted by atomic mass is 10.2. The molecule has 0 amide bonds. The highest BCUT2D eigenvalue weighted by atomic mass is 16.3. The van der Waals surface area contributed by atoms with Gasteiger partial charge < -0.3 is 9.67 Å². The Labute approximate surface area is 81.9 Å². The van der Waals surface area contributed by atoms with Gasteiger partial charge in [-0.1, -0.05) is 0 Å². The number of aromatic nitrogens is 3. The lowest BCUT2D eigenvalue weighted by Gasteiger charge is -2.00. The molecule has 0 saturated carbocycles. The molecule has 0 aliphatic rings. The summed E-state index contributed by atoms with van der Waals surface area (Å²) in [6, 6.07) is 3.87. The van der Waals surface area contributed by atoms with E-state index in [2.05, 4.69) is 9.97 Å². The largest absolute Gasteiger partial charge is 0.492 e. The molecule has 0 bridgehead atoms. The molecule has 0 aromatic carbocycles. The molecular formula is C10H11N3O. The van der Waals surface area contributed by atoms with Gasteiger partial charge in [0, 0.05) is 25.9 Å². The summed E-state index contributed by atoms with van der Waals surface area (Å²) < 4.78 is 1.82. The monoisotopic (exact) mass is 189 g/mol. The summed E-state index contributed by atoms with van der Waals surface area (Å²) in [5, 5.41) is 9.17. The van der Waals surface area contributed by atoms with Crippen LogP contribution in [0.15, 0.2) is 30.7 Å². The minimum Gasteiger partial charge on any atom is -0.492 e. The van der Waals surface area contributed by atoms with E-state index in [4.69, 9.17) is 5.11 Å². The first-order valence-corrected chi connectivity index (χ1v) is 4.36. The van der Waals surface area contributed by atoms with Crippen molar-refractivity contribution in [3.05, 3.63) is 42.1 Å². The Morgan fingerprint density at radius 3 is 2.64 bits per heavy atom. The number of nitrogens with zero attached hydrogens (tertiary/aromatic N) is 3. The van der Waals surface area contributed by atoms with E-state index < -0.39 is 0 Å². The molecule has 0 spiro atoms. The molecule has 72 valence electrons. The summed E-state index contributed by atoms with van der Waals surface area (Å²) in [7, 11) is 1.86. The van der Waals surface area contributed by atoms with Gasteiger partial charge in [-0.25, -0.2) is 0 Å². The third kappa shape index (κ3) is 1.74. The topological polar surface area (TPSA) is 50.9 Å². The van der Waals surface area contributed by atoms with Crippen LogP contribution in [0, 0.1) is 0 Å². The van der Waals surface area contributed by atoms with Gasteiger partial charge in [0.25, 0.3) is 0 Å². The fourth-order valence-electron chi connectivity index (χ4n) is 1.34. The standard InChI is InChI=1S/C10H11N3O/c1-13-7-10(14)12-9(13)6-8-2-4-11-5-3-8/h2-5,7,14H,6H2,1H3. The van der Waals surface area contributed by atoms with Crippen molar-refractivity contribution in [1.29, 1.82) is 0 Å². The highest BCUT2D eigenvalue weighted by molar-refractivity contribution is 5.18. The summed E-state index contributed by atoms with van der Waals surface area (Å²) in [4.78, 5) is 7.94. The average molecular weight is 189 g/mol. The SMILES string of the molecule is Cn1cc(O)nc1Cc1ccncc1. The highest BCUT2D eigenvalue weighted by Crippen LogP contribution is 2.11. The van der Waals surface area contributed by atoms with Gasteiger partial charge in [0.15, 0.2) is 0 Å². The van der Waals surface area contributed by atoms with Crippen LogP contribution in [-0.2, 0) is 13.5 Å². The molecule has 0 unspecified atom stereocenters. The second kappa shape index (κ2) is 3.49. The first kappa shape index (κ1) is 8.74. The minimum absolute atomic E-state index is 0.0663. The minimum atomic E-state index is 0.0663. The molecule has 2 aromatic heterocycles. The van der Waals surface area contributed by atoms with Crippen LogP contribution in [0.2, 0.25) is 0 Å². The molecule has 0 saturated heterocycles. The summed E-state index contributed by atoms with van der Waals surface area (Å²) in [5.41, 5.74) is 1.13. The van der Waals surface area contributed by atoms with Crippen molar-refractivity contribution in [2.24, 2.45) is 7.05 Å². The average Bonchev–Trinajstić information content (AvgIpc) is 2.47. The van der Waals surface area contributed by atoms with Crippen molar-refractivity contribution in [3.63, 3.8) is 0 Å². The van der Waals surface area contributed by atoms with Crippen molar-refractivity contribution in [2.45, 2.75) is 6.42 Å². The Bertz CT molecular complexity index is 422. The third-order valence-electron chi connectivity index (χ3n) is 2.07. The smallest absolute Gasteiger partial charge is 0.229 e. The maximum atomic E-state index is 9.17. The number of hydrogen-bond acceptors (Lipinski definition) is 3. The van der Waals surface area contributed by atoms with E-state index >= 15 is 0 Å². The fourth-order valence-corrected chi connectivity index (χ4v) is 1.34. The predicted molar refractivity (Wildman–Crippen MR) is 51.9 cm³/mol. The van der Waals surface area contributed by atoms with Crippen molar-refractivity contribution in [2.75, 3.05) is 0 Å². The Balaban J connectivity index is 2.23. The summed E-state index contributed by atoms with van der Waals surface area (Å²) >= 11 is 0. The van der Waals surface area contributed by atoms with E-state index in [1.165, 1.54) is 0 Å². The van der Waals surface area contributed by atoms with E-state index in [0.717, 1.165) is 11.4 Å². The van der Waals surface area contributed by atoms with E-state index in [-0.39, 0.29) is 5.88 Å². The Morgan fingerprint density at radius 2 is 2.07 bits per heavy atom. The van der Waals surface area contributed by atoms with Crippen LogP contribution in [0.5, 0.6) is 5.88 Å². The van der Waals surface area contributed by atoms with Gasteiger partial charge in [-0.05, 0) is 17.7 Å². The second-order valence-electron chi connectivity index (χ2n) is 3.16. The van der Waals surface area contributed by atoms with Gasteiger partial charge >= 0.3 is 0 Å². The molecule has 2 aromatic rings. The number of imidazole rings is 1. The van der Waals surface area contributed by atoms with Crippen molar-refractivity contribution < 1.29 is 5.11 Å². The third-order valence-corrected chi connectivity index (χ3v) is 2.07. The number of pyridine rings is 1. The van der Waals surface area contributed by atoms with Gasteiger partial charge in [0.05, 0.1) is 6.20 Å². The number of aryl methyl sites for hydroxylation is 1. The van der Waals surface area contributed by atoms with Crippen LogP contribution in [0.1, 0.15) is 11.4 Å². The molecular weight excluding hydrogens is 178 g/mol. The van der Waals surface area contributed by atoms with Gasteiger partial charge in [-0.3, -0.25) is 4.98 Å². The molecule has 0 fully saturated rings. The lowest BCUT2D eigenvalue weighted by Crippen LogP contribution is -1.98. The molecule has 4 nitrogen and oxygen atoms in total. The highest BCUT2D eigenvalue weighted by Gasteiger charge is 2.04. The molecule has 2 rings (SSSR count).